The number of aromatic amines is 1. The molecule has 1 aromatic carbocycles. The lowest BCUT2D eigenvalue weighted by Gasteiger charge is -2.28. The third-order valence-corrected chi connectivity index (χ3v) is 4.68. The summed E-state index contributed by atoms with van der Waals surface area (Å²) in [5.41, 5.74) is 1.91. The number of anilines is 2. The number of carbonyl (C=O) groups is 1. The number of morpholine rings is 1. The fourth-order valence-corrected chi connectivity index (χ4v) is 3.11. The first-order valence-electron chi connectivity index (χ1n) is 9.17. The van der Waals surface area contributed by atoms with Crippen LogP contribution < -0.4 is 10.2 Å². The lowest BCUT2D eigenvalue weighted by atomic mass is 10.1. The van der Waals surface area contributed by atoms with E-state index < -0.39 is 5.82 Å². The molecule has 0 bridgehead atoms. The molecule has 1 amide bonds. The molecule has 9 heteroatoms. The first kappa shape index (κ1) is 18.3. The molecule has 2 aromatic heterocycles. The van der Waals surface area contributed by atoms with E-state index in [0.29, 0.717) is 43.2 Å². The van der Waals surface area contributed by atoms with Crippen LogP contribution in [0.15, 0.2) is 24.5 Å². The van der Waals surface area contributed by atoms with Gasteiger partial charge in [0.2, 0.25) is 5.91 Å². The van der Waals surface area contributed by atoms with Gasteiger partial charge in [-0.1, -0.05) is 19.9 Å². The normalized spacial score (nSPS) is 14.6. The molecule has 2 N–H and O–H groups in total. The number of hydrogen-bond donors (Lipinski definition) is 2. The Morgan fingerprint density at radius 2 is 2.07 bits per heavy atom. The van der Waals surface area contributed by atoms with Gasteiger partial charge in [-0.15, -0.1) is 0 Å². The van der Waals surface area contributed by atoms with Gasteiger partial charge in [0.15, 0.2) is 5.65 Å². The van der Waals surface area contributed by atoms with Gasteiger partial charge in [-0.2, -0.15) is 5.10 Å². The molecule has 8 nitrogen and oxygen atoms in total. The van der Waals surface area contributed by atoms with E-state index in [-0.39, 0.29) is 17.5 Å². The number of carbonyl (C=O) groups excluding carboxylic acids is 1. The van der Waals surface area contributed by atoms with E-state index in [1.165, 1.54) is 12.4 Å². The van der Waals surface area contributed by atoms with Gasteiger partial charge >= 0.3 is 0 Å². The number of H-pyrrole nitrogens is 1. The highest BCUT2D eigenvalue weighted by atomic mass is 19.1. The van der Waals surface area contributed by atoms with Crippen molar-refractivity contribution in [3.8, 4) is 11.3 Å². The molecule has 1 aliphatic rings. The molecule has 3 heterocycles. The fraction of sp³-hybridized carbons (Fsp3) is 0.368. The van der Waals surface area contributed by atoms with Crippen molar-refractivity contribution in [3.05, 3.63) is 30.3 Å². The van der Waals surface area contributed by atoms with Crippen molar-refractivity contribution in [1.29, 1.82) is 0 Å². The minimum atomic E-state index is -0.515. The van der Waals surface area contributed by atoms with Gasteiger partial charge in [0.1, 0.15) is 18.0 Å². The third kappa shape index (κ3) is 3.40. The largest absolute Gasteiger partial charge is 0.378 e. The van der Waals surface area contributed by atoms with Crippen molar-refractivity contribution in [2.24, 2.45) is 5.92 Å². The van der Waals surface area contributed by atoms with Gasteiger partial charge in [-0.3, -0.25) is 9.89 Å². The van der Waals surface area contributed by atoms with Crippen LogP contribution in [0.2, 0.25) is 0 Å². The van der Waals surface area contributed by atoms with Gasteiger partial charge in [-0.05, 0) is 12.1 Å². The minimum Gasteiger partial charge on any atom is -0.378 e. The molecule has 4 rings (SSSR count). The molecule has 1 saturated heterocycles. The molecule has 0 radical (unpaired) electrons. The predicted molar refractivity (Wildman–Crippen MR) is 104 cm³/mol. The lowest BCUT2D eigenvalue weighted by molar-refractivity contribution is -0.118. The Labute approximate surface area is 161 Å². The second kappa shape index (κ2) is 7.51. The second-order valence-electron chi connectivity index (χ2n) is 6.93. The Balaban J connectivity index is 1.73. The van der Waals surface area contributed by atoms with Gasteiger partial charge in [0, 0.05) is 24.6 Å². The van der Waals surface area contributed by atoms with Crippen molar-refractivity contribution >= 4 is 28.4 Å². The number of amides is 1. The highest BCUT2D eigenvalue weighted by Gasteiger charge is 2.21. The van der Waals surface area contributed by atoms with E-state index in [0.717, 1.165) is 11.2 Å². The Kier molecular flexibility index (Phi) is 4.91. The maximum Gasteiger partial charge on any atom is 0.227 e. The van der Waals surface area contributed by atoms with Crippen LogP contribution in [-0.2, 0) is 9.53 Å². The van der Waals surface area contributed by atoms with Crippen molar-refractivity contribution in [2.45, 2.75) is 13.8 Å². The van der Waals surface area contributed by atoms with Crippen LogP contribution in [0.4, 0.5) is 15.9 Å². The SMILES string of the molecule is CC(C)C(=O)Nc1ccc(-c2[nH]nc3ncnc(N4CCOCC4)c23)cc1F. The summed E-state index contributed by atoms with van der Waals surface area (Å²) in [4.78, 5) is 22.6. The standard InChI is InChI=1S/C19H21FN6O2/c1-11(2)19(27)23-14-4-3-12(9-13(14)20)16-15-17(25-24-16)21-10-22-18(15)26-5-7-28-8-6-26/h3-4,9-11H,5-8H2,1-2H3,(H,23,27)(H,21,22,24,25). The zero-order valence-corrected chi connectivity index (χ0v) is 15.7. The van der Waals surface area contributed by atoms with Crippen LogP contribution in [0.5, 0.6) is 0 Å². The summed E-state index contributed by atoms with van der Waals surface area (Å²) in [7, 11) is 0. The molecule has 0 saturated carbocycles. The molecule has 0 aliphatic carbocycles. The van der Waals surface area contributed by atoms with E-state index in [1.807, 2.05) is 0 Å². The summed E-state index contributed by atoms with van der Waals surface area (Å²) < 4.78 is 20.0. The third-order valence-electron chi connectivity index (χ3n) is 4.68. The summed E-state index contributed by atoms with van der Waals surface area (Å²) in [6.45, 7) is 6.18. The number of ether oxygens (including phenoxy) is 1. The predicted octanol–water partition coefficient (Wildman–Crippen LogP) is 2.59. The van der Waals surface area contributed by atoms with E-state index in [9.17, 15) is 9.18 Å². The zero-order valence-electron chi connectivity index (χ0n) is 15.7. The highest BCUT2D eigenvalue weighted by Crippen LogP contribution is 2.33. The number of nitrogens with one attached hydrogen (secondary N) is 2. The number of nitrogens with zero attached hydrogens (tertiary/aromatic N) is 4. The van der Waals surface area contributed by atoms with E-state index in [4.69, 9.17) is 4.74 Å². The molecular weight excluding hydrogens is 363 g/mol. The molecule has 1 aliphatic heterocycles. The van der Waals surface area contributed by atoms with Crippen LogP contribution in [0, 0.1) is 11.7 Å². The van der Waals surface area contributed by atoms with Crippen LogP contribution in [-0.4, -0.2) is 52.4 Å². The number of fused-ring (bicyclic) bond motifs is 1. The molecule has 146 valence electrons. The molecule has 0 unspecified atom stereocenters. The summed E-state index contributed by atoms with van der Waals surface area (Å²) in [6.07, 6.45) is 1.48. The van der Waals surface area contributed by atoms with Crippen LogP contribution >= 0.6 is 0 Å². The second-order valence-corrected chi connectivity index (χ2v) is 6.93. The van der Waals surface area contributed by atoms with Gasteiger partial charge in [0.25, 0.3) is 0 Å². The van der Waals surface area contributed by atoms with E-state index in [1.54, 1.807) is 26.0 Å². The Morgan fingerprint density at radius 3 is 2.79 bits per heavy atom. The van der Waals surface area contributed by atoms with Crippen molar-refractivity contribution in [3.63, 3.8) is 0 Å². The summed E-state index contributed by atoms with van der Waals surface area (Å²) in [5, 5.41) is 10.5. The van der Waals surface area contributed by atoms with E-state index >= 15 is 0 Å². The molecule has 3 aromatic rings. The van der Waals surface area contributed by atoms with Gasteiger partial charge in [-0.25, -0.2) is 14.4 Å². The van der Waals surface area contributed by atoms with Gasteiger partial charge < -0.3 is 15.0 Å². The number of hydrogen-bond acceptors (Lipinski definition) is 6. The van der Waals surface area contributed by atoms with Crippen molar-refractivity contribution in [2.75, 3.05) is 36.5 Å². The Bertz CT molecular complexity index is 1010. The summed E-state index contributed by atoms with van der Waals surface area (Å²) in [5.74, 6) is -0.237. The topological polar surface area (TPSA) is 96.0 Å². The maximum absolute atomic E-state index is 14.6. The first-order chi connectivity index (χ1) is 13.5. The first-order valence-corrected chi connectivity index (χ1v) is 9.17. The highest BCUT2D eigenvalue weighted by molar-refractivity contribution is 5.99. The summed E-state index contributed by atoms with van der Waals surface area (Å²) >= 11 is 0. The monoisotopic (exact) mass is 384 g/mol. The number of benzene rings is 1. The van der Waals surface area contributed by atoms with Crippen LogP contribution in [0.3, 0.4) is 0 Å². The number of halogens is 1. The lowest BCUT2D eigenvalue weighted by Crippen LogP contribution is -2.36. The molecule has 0 spiro atoms. The van der Waals surface area contributed by atoms with Crippen molar-refractivity contribution in [1.82, 2.24) is 20.2 Å². The van der Waals surface area contributed by atoms with E-state index in [2.05, 4.69) is 30.4 Å². The Hall–Kier alpha value is -3.07. The smallest absolute Gasteiger partial charge is 0.227 e. The van der Waals surface area contributed by atoms with Gasteiger partial charge in [0.05, 0.1) is 30.0 Å². The molecule has 1 fully saturated rings. The van der Waals surface area contributed by atoms with Crippen LogP contribution in [0.25, 0.3) is 22.3 Å². The summed E-state index contributed by atoms with van der Waals surface area (Å²) in [6, 6.07) is 4.66. The zero-order chi connectivity index (χ0) is 19.7. The average Bonchev–Trinajstić information content (AvgIpc) is 3.14. The molecule has 0 atom stereocenters. The number of aromatic nitrogens is 4. The molecule has 28 heavy (non-hydrogen) atoms. The van der Waals surface area contributed by atoms with Crippen molar-refractivity contribution < 1.29 is 13.9 Å². The minimum absolute atomic E-state index is 0.149. The average molecular weight is 384 g/mol. The fourth-order valence-electron chi connectivity index (χ4n) is 3.11. The quantitative estimate of drug-likeness (QED) is 0.718. The Morgan fingerprint density at radius 1 is 1.29 bits per heavy atom. The number of rotatable bonds is 4. The molecular formula is C19H21FN6O2. The maximum atomic E-state index is 14.6. The van der Waals surface area contributed by atoms with Crippen LogP contribution in [0.1, 0.15) is 13.8 Å².